The number of fused-ring (bicyclic) bond motifs is 4. The summed E-state index contributed by atoms with van der Waals surface area (Å²) in [5.74, 6) is 0.0852. The van der Waals surface area contributed by atoms with Crippen LogP contribution in [0.4, 0.5) is 16.0 Å². The normalized spacial score (nSPS) is 26.7. The maximum absolute atomic E-state index is 15.6. The fraction of sp³-hybridized carbons (Fsp3) is 0.579. The zero-order valence-corrected chi connectivity index (χ0v) is 16.1. The molecule has 3 saturated heterocycles. The molecule has 6 rings (SSSR count). The van der Waals surface area contributed by atoms with Crippen molar-refractivity contribution in [2.75, 3.05) is 30.4 Å². The lowest BCUT2D eigenvalue weighted by molar-refractivity contribution is -0.132. The van der Waals surface area contributed by atoms with Crippen molar-refractivity contribution >= 4 is 30.0 Å². The zero-order chi connectivity index (χ0) is 18.0. The number of pyridine rings is 1. The van der Waals surface area contributed by atoms with Gasteiger partial charge in [0.1, 0.15) is 5.82 Å². The SMILES string of the molecule is CN1CC2CCC1CN2c1nc2c(c(C3CC3)c1F)CC(C(=O)O)=CN2.Cl. The average Bonchev–Trinajstić information content (AvgIpc) is 3.46. The molecule has 5 heterocycles. The summed E-state index contributed by atoms with van der Waals surface area (Å²) in [5.41, 5.74) is 1.68. The predicted octanol–water partition coefficient (Wildman–Crippen LogP) is 2.74. The molecule has 1 aliphatic carbocycles. The van der Waals surface area contributed by atoms with Crippen molar-refractivity contribution in [2.45, 2.75) is 50.1 Å². The minimum atomic E-state index is -0.967. The van der Waals surface area contributed by atoms with E-state index in [4.69, 9.17) is 0 Å². The van der Waals surface area contributed by atoms with E-state index in [9.17, 15) is 9.90 Å². The number of nitrogens with zero attached hydrogens (tertiary/aromatic N) is 3. The van der Waals surface area contributed by atoms with E-state index in [1.54, 1.807) is 0 Å². The van der Waals surface area contributed by atoms with E-state index in [1.807, 2.05) is 0 Å². The van der Waals surface area contributed by atoms with E-state index < -0.39 is 5.97 Å². The van der Waals surface area contributed by atoms with Gasteiger partial charge in [0.15, 0.2) is 11.6 Å². The summed E-state index contributed by atoms with van der Waals surface area (Å²) in [4.78, 5) is 20.5. The highest BCUT2D eigenvalue weighted by Crippen LogP contribution is 2.48. The summed E-state index contributed by atoms with van der Waals surface area (Å²) < 4.78 is 15.6. The number of piperazine rings is 1. The first-order chi connectivity index (χ1) is 12.5. The van der Waals surface area contributed by atoms with Gasteiger partial charge in [-0.25, -0.2) is 14.2 Å². The second-order valence-electron chi connectivity index (χ2n) is 8.04. The lowest BCUT2D eigenvalue weighted by Crippen LogP contribution is -2.62. The van der Waals surface area contributed by atoms with E-state index in [1.165, 1.54) is 6.20 Å². The third-order valence-electron chi connectivity index (χ3n) is 6.35. The summed E-state index contributed by atoms with van der Waals surface area (Å²) in [6.07, 6.45) is 5.89. The minimum absolute atomic E-state index is 0. The molecule has 0 radical (unpaired) electrons. The summed E-state index contributed by atoms with van der Waals surface area (Å²) in [7, 11) is 2.14. The summed E-state index contributed by atoms with van der Waals surface area (Å²) >= 11 is 0. The number of piperidine rings is 2. The molecule has 5 aliphatic rings. The van der Waals surface area contributed by atoms with Crippen molar-refractivity contribution in [3.05, 3.63) is 28.7 Å². The van der Waals surface area contributed by atoms with Crippen LogP contribution in [-0.2, 0) is 11.2 Å². The maximum Gasteiger partial charge on any atom is 0.333 e. The van der Waals surface area contributed by atoms with Crippen molar-refractivity contribution in [3.63, 3.8) is 0 Å². The number of hydrogen-bond donors (Lipinski definition) is 2. The number of nitrogens with one attached hydrogen (secondary N) is 1. The Kier molecular flexibility index (Phi) is 4.55. The third kappa shape index (κ3) is 2.97. The van der Waals surface area contributed by atoms with Crippen LogP contribution in [0.1, 0.15) is 42.7 Å². The molecule has 1 aromatic rings. The highest BCUT2D eigenvalue weighted by atomic mass is 35.5. The van der Waals surface area contributed by atoms with Crippen LogP contribution in [0.3, 0.4) is 0 Å². The Morgan fingerprint density at radius 3 is 2.59 bits per heavy atom. The van der Waals surface area contributed by atoms with Crippen molar-refractivity contribution in [1.82, 2.24) is 9.88 Å². The molecule has 0 spiro atoms. The molecule has 4 fully saturated rings. The molecule has 0 amide bonds. The molecule has 0 aromatic carbocycles. The standard InChI is InChI=1S/C19H23FN4O2.ClH/c1-23-8-13-5-4-12(23)9-24(13)18-16(20)15(10-2-3-10)14-6-11(19(25)26)7-21-17(14)22-18;/h7,10,12-13H,2-6,8-9H2,1H3,(H,21,22)(H,25,26);1H. The van der Waals surface area contributed by atoms with Crippen molar-refractivity contribution in [3.8, 4) is 0 Å². The van der Waals surface area contributed by atoms with Gasteiger partial charge < -0.3 is 15.3 Å². The minimum Gasteiger partial charge on any atom is -0.478 e. The number of aromatic nitrogens is 1. The molecule has 4 aliphatic heterocycles. The first-order valence-electron chi connectivity index (χ1n) is 9.41. The number of carboxylic acid groups (broad SMARTS) is 1. The average molecular weight is 395 g/mol. The Bertz CT molecular complexity index is 826. The van der Waals surface area contributed by atoms with E-state index in [-0.39, 0.29) is 36.1 Å². The number of halogens is 2. The number of likely N-dealkylation sites (N-methyl/N-ethyl adjacent to an activating group) is 1. The van der Waals surface area contributed by atoms with Crippen molar-refractivity contribution in [2.24, 2.45) is 0 Å². The van der Waals surface area contributed by atoms with Crippen LogP contribution in [0.5, 0.6) is 0 Å². The molecular formula is C19H24ClFN4O2. The lowest BCUT2D eigenvalue weighted by atomic mass is 9.90. The Morgan fingerprint density at radius 2 is 2.00 bits per heavy atom. The van der Waals surface area contributed by atoms with E-state index in [0.29, 0.717) is 29.3 Å². The highest BCUT2D eigenvalue weighted by Gasteiger charge is 2.41. The largest absolute Gasteiger partial charge is 0.478 e. The van der Waals surface area contributed by atoms with Gasteiger partial charge in [-0.1, -0.05) is 0 Å². The van der Waals surface area contributed by atoms with Gasteiger partial charge >= 0.3 is 5.97 Å². The van der Waals surface area contributed by atoms with E-state index >= 15 is 4.39 Å². The van der Waals surface area contributed by atoms with Crippen molar-refractivity contribution in [1.29, 1.82) is 0 Å². The summed E-state index contributed by atoms with van der Waals surface area (Å²) in [6, 6.07) is 0.749. The number of anilines is 2. The molecule has 8 heteroatoms. The number of rotatable bonds is 3. The first-order valence-corrected chi connectivity index (χ1v) is 9.41. The zero-order valence-electron chi connectivity index (χ0n) is 15.2. The lowest BCUT2D eigenvalue weighted by Gasteiger charge is -2.51. The molecular weight excluding hydrogens is 371 g/mol. The summed E-state index contributed by atoms with van der Waals surface area (Å²) in [5, 5.41) is 12.3. The van der Waals surface area contributed by atoms with Crippen LogP contribution in [0.25, 0.3) is 0 Å². The maximum atomic E-state index is 15.6. The number of carboxylic acids is 1. The summed E-state index contributed by atoms with van der Waals surface area (Å²) in [6.45, 7) is 1.75. The van der Waals surface area contributed by atoms with Gasteiger partial charge in [0.2, 0.25) is 0 Å². The predicted molar refractivity (Wildman–Crippen MR) is 103 cm³/mol. The smallest absolute Gasteiger partial charge is 0.333 e. The van der Waals surface area contributed by atoms with Crippen LogP contribution in [0.15, 0.2) is 11.8 Å². The second kappa shape index (κ2) is 6.63. The van der Waals surface area contributed by atoms with Gasteiger partial charge in [0.05, 0.1) is 5.57 Å². The molecule has 2 atom stereocenters. The molecule has 2 unspecified atom stereocenters. The number of carbonyl (C=O) groups is 1. The van der Waals surface area contributed by atoms with Gasteiger partial charge in [-0.05, 0) is 38.6 Å². The van der Waals surface area contributed by atoms with Gasteiger partial charge in [-0.15, -0.1) is 12.4 Å². The molecule has 2 bridgehead atoms. The van der Waals surface area contributed by atoms with Gasteiger partial charge in [0, 0.05) is 48.9 Å². The van der Waals surface area contributed by atoms with E-state index in [2.05, 4.69) is 27.1 Å². The van der Waals surface area contributed by atoms with Crippen LogP contribution < -0.4 is 10.2 Å². The second-order valence-corrected chi connectivity index (χ2v) is 8.04. The topological polar surface area (TPSA) is 68.7 Å². The van der Waals surface area contributed by atoms with Crippen LogP contribution in [0, 0.1) is 5.82 Å². The quantitative estimate of drug-likeness (QED) is 0.821. The molecule has 6 nitrogen and oxygen atoms in total. The molecule has 27 heavy (non-hydrogen) atoms. The number of aliphatic carboxylic acids is 1. The van der Waals surface area contributed by atoms with Gasteiger partial charge in [-0.3, -0.25) is 4.90 Å². The molecule has 2 N–H and O–H groups in total. The molecule has 1 aromatic heterocycles. The van der Waals surface area contributed by atoms with E-state index in [0.717, 1.165) is 44.3 Å². The van der Waals surface area contributed by atoms with Crippen molar-refractivity contribution < 1.29 is 14.3 Å². The monoisotopic (exact) mass is 394 g/mol. The van der Waals surface area contributed by atoms with Gasteiger partial charge in [0.25, 0.3) is 0 Å². The Hall–Kier alpha value is -1.86. The third-order valence-corrected chi connectivity index (χ3v) is 6.35. The Labute approximate surface area is 163 Å². The molecule has 146 valence electrons. The molecule has 1 saturated carbocycles. The van der Waals surface area contributed by atoms with Crippen LogP contribution in [-0.4, -0.2) is 53.2 Å². The first kappa shape index (κ1) is 18.5. The van der Waals surface area contributed by atoms with Gasteiger partial charge in [-0.2, -0.15) is 0 Å². The van der Waals surface area contributed by atoms with Crippen LogP contribution in [0.2, 0.25) is 0 Å². The Morgan fingerprint density at radius 1 is 1.26 bits per heavy atom. The highest BCUT2D eigenvalue weighted by molar-refractivity contribution is 5.89. The number of hydrogen-bond acceptors (Lipinski definition) is 5. The fourth-order valence-electron chi connectivity index (χ4n) is 4.72. The fourth-order valence-corrected chi connectivity index (χ4v) is 4.72. The Balaban J connectivity index is 0.00000180. The van der Waals surface area contributed by atoms with Crippen LogP contribution >= 0.6 is 12.4 Å².